The summed E-state index contributed by atoms with van der Waals surface area (Å²) in [5.74, 6) is -0.0496. The molecule has 1 saturated heterocycles. The first-order valence-corrected chi connectivity index (χ1v) is 15.3. The van der Waals surface area contributed by atoms with Crippen LogP contribution in [0.3, 0.4) is 0 Å². The van der Waals surface area contributed by atoms with E-state index in [1.165, 1.54) is 0 Å². The van der Waals surface area contributed by atoms with Crippen LogP contribution in [-0.4, -0.2) is 73.6 Å². The summed E-state index contributed by atoms with van der Waals surface area (Å²) >= 11 is 0. The zero-order valence-electron chi connectivity index (χ0n) is 25.0. The van der Waals surface area contributed by atoms with E-state index in [1.807, 2.05) is 104 Å². The molecule has 2 fully saturated rings. The molecule has 1 N–H and O–H groups in total. The molecule has 6 heteroatoms. The summed E-state index contributed by atoms with van der Waals surface area (Å²) in [6.07, 6.45) is 5.30. The SMILES string of the molecule is CN(C)C(Cc1ccccc1)(CC(C=O)(c1ccccc1)C1(O)CCCCC1)C(=O)c1ccc(N2CCOCC2)cc1. The molecule has 0 amide bonds. The summed E-state index contributed by atoms with van der Waals surface area (Å²) in [6.45, 7) is 3.02. The zero-order chi connectivity index (χ0) is 29.6. The number of likely N-dealkylation sites (N-methyl/N-ethyl adjacent to an activating group) is 1. The van der Waals surface area contributed by atoms with Crippen LogP contribution < -0.4 is 4.90 Å². The van der Waals surface area contributed by atoms with E-state index >= 15 is 0 Å². The first kappa shape index (κ1) is 30.1. The lowest BCUT2D eigenvalue weighted by atomic mass is 9.56. The van der Waals surface area contributed by atoms with Gasteiger partial charge in [0, 0.05) is 24.3 Å². The largest absolute Gasteiger partial charge is 0.389 e. The predicted molar refractivity (Wildman–Crippen MR) is 167 cm³/mol. The number of benzene rings is 3. The number of ketones is 1. The van der Waals surface area contributed by atoms with Gasteiger partial charge in [-0.05, 0) is 75.2 Å². The van der Waals surface area contributed by atoms with Crippen molar-refractivity contribution < 1.29 is 19.4 Å². The van der Waals surface area contributed by atoms with Gasteiger partial charge in [0.05, 0.1) is 29.8 Å². The fourth-order valence-electron chi connectivity index (χ4n) is 7.12. The number of aliphatic hydroxyl groups is 1. The van der Waals surface area contributed by atoms with Gasteiger partial charge < -0.3 is 19.5 Å². The van der Waals surface area contributed by atoms with E-state index in [1.54, 1.807) is 0 Å². The Kier molecular flexibility index (Phi) is 9.26. The van der Waals surface area contributed by atoms with Gasteiger partial charge in [0.25, 0.3) is 0 Å². The maximum atomic E-state index is 14.9. The number of hydrogen-bond acceptors (Lipinski definition) is 6. The highest BCUT2D eigenvalue weighted by Gasteiger charge is 2.58. The van der Waals surface area contributed by atoms with Gasteiger partial charge in [0.1, 0.15) is 6.29 Å². The number of aldehydes is 1. The summed E-state index contributed by atoms with van der Waals surface area (Å²) in [5.41, 5.74) is -0.195. The van der Waals surface area contributed by atoms with E-state index in [0.29, 0.717) is 38.0 Å². The minimum atomic E-state index is -1.27. The van der Waals surface area contributed by atoms with Crippen LogP contribution in [0, 0.1) is 0 Å². The van der Waals surface area contributed by atoms with Crippen molar-refractivity contribution in [3.05, 3.63) is 102 Å². The molecule has 0 bridgehead atoms. The fourth-order valence-corrected chi connectivity index (χ4v) is 7.12. The molecule has 0 spiro atoms. The number of hydrogen-bond donors (Lipinski definition) is 1. The van der Waals surface area contributed by atoms with Gasteiger partial charge in [-0.15, -0.1) is 0 Å². The molecule has 3 aromatic rings. The van der Waals surface area contributed by atoms with Crippen molar-refractivity contribution in [1.82, 2.24) is 4.90 Å². The normalized spacial score (nSPS) is 20.0. The zero-order valence-corrected chi connectivity index (χ0v) is 25.0. The summed E-state index contributed by atoms with van der Waals surface area (Å²) < 4.78 is 5.51. The van der Waals surface area contributed by atoms with E-state index < -0.39 is 16.6 Å². The molecule has 2 aliphatic rings. The van der Waals surface area contributed by atoms with Crippen molar-refractivity contribution in [2.45, 2.75) is 61.5 Å². The fraction of sp³-hybridized carbons (Fsp3) is 0.444. The molecule has 42 heavy (non-hydrogen) atoms. The van der Waals surface area contributed by atoms with E-state index in [0.717, 1.165) is 55.5 Å². The van der Waals surface area contributed by atoms with E-state index in [2.05, 4.69) is 4.90 Å². The first-order valence-electron chi connectivity index (χ1n) is 15.3. The molecule has 6 nitrogen and oxygen atoms in total. The molecule has 3 aromatic carbocycles. The van der Waals surface area contributed by atoms with Gasteiger partial charge in [-0.2, -0.15) is 0 Å². The lowest BCUT2D eigenvalue weighted by Gasteiger charge is -2.52. The second kappa shape index (κ2) is 12.9. The third kappa shape index (κ3) is 5.81. The van der Waals surface area contributed by atoms with Crippen molar-refractivity contribution in [1.29, 1.82) is 0 Å². The van der Waals surface area contributed by atoms with Crippen LogP contribution in [0.5, 0.6) is 0 Å². The summed E-state index contributed by atoms with van der Waals surface area (Å²) in [6, 6.07) is 27.5. The Labute approximate surface area is 250 Å². The van der Waals surface area contributed by atoms with Crippen molar-refractivity contribution in [2.24, 2.45) is 0 Å². The highest BCUT2D eigenvalue weighted by atomic mass is 16.5. The standard InChI is InChI=1S/C36H44N2O4/c1-37(2)35(26-29-12-6-3-7-13-29,33(40)30-16-18-32(19-17-30)38-22-24-42-25-23-38)27-34(28-39,31-14-8-4-9-15-31)36(41)20-10-5-11-21-36/h3-4,6-9,12-19,28,41H,5,10-11,20-27H2,1-2H3. The topological polar surface area (TPSA) is 70.1 Å². The molecule has 2 unspecified atom stereocenters. The number of carbonyl (C=O) groups is 2. The lowest BCUT2D eigenvalue weighted by molar-refractivity contribution is -0.132. The Morgan fingerprint density at radius 1 is 0.905 bits per heavy atom. The minimum Gasteiger partial charge on any atom is -0.389 e. The van der Waals surface area contributed by atoms with Gasteiger partial charge in [-0.3, -0.25) is 9.69 Å². The number of morpholine rings is 1. The Hall–Kier alpha value is -3.32. The Balaban J connectivity index is 1.63. The quantitative estimate of drug-likeness (QED) is 0.244. The van der Waals surface area contributed by atoms with Gasteiger partial charge in [0.15, 0.2) is 5.78 Å². The third-order valence-electron chi connectivity index (χ3n) is 9.70. The Morgan fingerprint density at radius 3 is 2.07 bits per heavy atom. The van der Waals surface area contributed by atoms with Crippen LogP contribution in [0.2, 0.25) is 0 Å². The van der Waals surface area contributed by atoms with Gasteiger partial charge in [-0.25, -0.2) is 0 Å². The molecular formula is C36H44N2O4. The molecule has 1 aliphatic heterocycles. The highest BCUT2D eigenvalue weighted by molar-refractivity contribution is 6.04. The van der Waals surface area contributed by atoms with Gasteiger partial charge in [-0.1, -0.05) is 79.9 Å². The second-order valence-corrected chi connectivity index (χ2v) is 12.3. The van der Waals surface area contributed by atoms with E-state index in [9.17, 15) is 14.7 Å². The molecule has 1 saturated carbocycles. The number of Topliss-reactive ketones (excluding diaryl/α,β-unsaturated/α-hetero) is 1. The van der Waals surface area contributed by atoms with Crippen molar-refractivity contribution >= 4 is 17.8 Å². The summed E-state index contributed by atoms with van der Waals surface area (Å²) in [7, 11) is 3.85. The molecule has 1 heterocycles. The molecule has 1 aliphatic carbocycles. The smallest absolute Gasteiger partial charge is 0.183 e. The second-order valence-electron chi connectivity index (χ2n) is 12.3. The first-order chi connectivity index (χ1) is 20.3. The van der Waals surface area contributed by atoms with Crippen LogP contribution in [0.25, 0.3) is 0 Å². The Bertz CT molecular complexity index is 1320. The molecule has 0 radical (unpaired) electrons. The monoisotopic (exact) mass is 568 g/mol. The van der Waals surface area contributed by atoms with Crippen molar-refractivity contribution in [2.75, 3.05) is 45.3 Å². The molecule has 5 rings (SSSR count). The molecule has 2 atom stereocenters. The molecule has 0 aromatic heterocycles. The lowest BCUT2D eigenvalue weighted by Crippen LogP contribution is -2.63. The average Bonchev–Trinajstić information content (AvgIpc) is 3.04. The van der Waals surface area contributed by atoms with Crippen LogP contribution in [0.15, 0.2) is 84.9 Å². The number of ether oxygens (including phenoxy) is 1. The number of anilines is 1. The summed E-state index contributed by atoms with van der Waals surface area (Å²) in [5, 5.41) is 12.4. The third-order valence-corrected chi connectivity index (χ3v) is 9.70. The number of nitrogens with zero attached hydrogens (tertiary/aromatic N) is 2. The molecular weight excluding hydrogens is 524 g/mol. The van der Waals surface area contributed by atoms with Crippen LogP contribution in [0.1, 0.15) is 60.0 Å². The number of carbonyl (C=O) groups excluding carboxylic acids is 2. The maximum absolute atomic E-state index is 14.9. The van der Waals surface area contributed by atoms with E-state index in [-0.39, 0.29) is 12.2 Å². The van der Waals surface area contributed by atoms with Gasteiger partial charge >= 0.3 is 0 Å². The predicted octanol–water partition coefficient (Wildman–Crippen LogP) is 5.47. The number of rotatable bonds is 11. The van der Waals surface area contributed by atoms with Crippen molar-refractivity contribution in [3.8, 4) is 0 Å². The highest BCUT2D eigenvalue weighted by Crippen LogP contribution is 2.49. The summed E-state index contributed by atoms with van der Waals surface area (Å²) in [4.78, 5) is 32.7. The van der Waals surface area contributed by atoms with Crippen LogP contribution in [-0.2, 0) is 21.4 Å². The van der Waals surface area contributed by atoms with Crippen LogP contribution >= 0.6 is 0 Å². The minimum absolute atomic E-state index is 0.0496. The Morgan fingerprint density at radius 2 is 1.50 bits per heavy atom. The van der Waals surface area contributed by atoms with Gasteiger partial charge in [0.2, 0.25) is 0 Å². The van der Waals surface area contributed by atoms with E-state index in [4.69, 9.17) is 4.74 Å². The van der Waals surface area contributed by atoms with Crippen LogP contribution in [0.4, 0.5) is 5.69 Å². The maximum Gasteiger partial charge on any atom is 0.183 e. The van der Waals surface area contributed by atoms with Crippen molar-refractivity contribution in [3.63, 3.8) is 0 Å². The average molecular weight is 569 g/mol. The molecule has 222 valence electrons.